The lowest BCUT2D eigenvalue weighted by Crippen LogP contribution is -2.36. The molecule has 7 nitrogen and oxygen atoms in total. The Balaban J connectivity index is 2.26. The monoisotopic (exact) mass is 319 g/mol. The molecule has 0 aliphatic carbocycles. The van der Waals surface area contributed by atoms with Crippen molar-refractivity contribution in [3.63, 3.8) is 0 Å². The summed E-state index contributed by atoms with van der Waals surface area (Å²) in [7, 11) is 1.80. The topological polar surface area (TPSA) is 85.0 Å². The molecule has 0 aliphatic rings. The Morgan fingerprint density at radius 1 is 1.43 bits per heavy atom. The first-order chi connectivity index (χ1) is 10.9. The van der Waals surface area contributed by atoms with Crippen molar-refractivity contribution in [1.29, 1.82) is 0 Å². The molecular weight excluding hydrogens is 294 g/mol. The quantitative estimate of drug-likeness (QED) is 0.842. The number of carbonyl (C=O) groups excluding carboxylic acids is 1. The smallest absolute Gasteiger partial charge is 0.257 e. The van der Waals surface area contributed by atoms with Crippen molar-refractivity contribution in [2.75, 3.05) is 6.54 Å². The number of carbonyl (C=O) groups is 1. The van der Waals surface area contributed by atoms with Crippen LogP contribution in [0.4, 0.5) is 0 Å². The SMILES string of the molecule is CCC(C)C(O)CNC(=O)c1c(C)nn(C)c1-n1ccnc1C. The highest BCUT2D eigenvalue weighted by molar-refractivity contribution is 5.98. The lowest BCUT2D eigenvalue weighted by molar-refractivity contribution is 0.0849. The molecule has 23 heavy (non-hydrogen) atoms. The number of imidazole rings is 1. The van der Waals surface area contributed by atoms with E-state index in [9.17, 15) is 9.90 Å². The fraction of sp³-hybridized carbons (Fsp3) is 0.562. The molecule has 0 aromatic carbocycles. The van der Waals surface area contributed by atoms with Gasteiger partial charge in [0.05, 0.1) is 11.8 Å². The standard InChI is InChI=1S/C16H25N5O2/c1-6-10(2)13(22)9-18-15(23)14-11(3)19-20(5)16(14)21-8-7-17-12(21)4/h7-8,10,13,22H,6,9H2,1-5H3,(H,18,23). The largest absolute Gasteiger partial charge is 0.391 e. The van der Waals surface area contributed by atoms with Crippen LogP contribution < -0.4 is 5.32 Å². The van der Waals surface area contributed by atoms with E-state index in [-0.39, 0.29) is 18.4 Å². The van der Waals surface area contributed by atoms with Gasteiger partial charge < -0.3 is 10.4 Å². The molecule has 2 atom stereocenters. The second-order valence-electron chi connectivity index (χ2n) is 5.91. The van der Waals surface area contributed by atoms with Crippen LogP contribution in [0.1, 0.15) is 42.1 Å². The number of aliphatic hydroxyl groups excluding tert-OH is 1. The lowest BCUT2D eigenvalue weighted by atomic mass is 10.0. The van der Waals surface area contributed by atoms with Crippen LogP contribution in [-0.4, -0.2) is 43.0 Å². The summed E-state index contributed by atoms with van der Waals surface area (Å²) in [6, 6.07) is 0. The van der Waals surface area contributed by atoms with Gasteiger partial charge in [-0.25, -0.2) is 4.98 Å². The molecule has 126 valence electrons. The maximum atomic E-state index is 12.6. The van der Waals surface area contributed by atoms with Crippen LogP contribution in [0.15, 0.2) is 12.4 Å². The Hall–Kier alpha value is -2.15. The number of hydrogen-bond donors (Lipinski definition) is 2. The van der Waals surface area contributed by atoms with E-state index in [2.05, 4.69) is 15.4 Å². The van der Waals surface area contributed by atoms with Crippen LogP contribution in [0.2, 0.25) is 0 Å². The molecular formula is C16H25N5O2. The van der Waals surface area contributed by atoms with Crippen LogP contribution in [0, 0.1) is 19.8 Å². The highest BCUT2D eigenvalue weighted by atomic mass is 16.3. The van der Waals surface area contributed by atoms with Gasteiger partial charge in [-0.05, 0) is 19.8 Å². The Labute approximate surface area is 136 Å². The van der Waals surface area contributed by atoms with Gasteiger partial charge in [0.15, 0.2) is 0 Å². The van der Waals surface area contributed by atoms with Crippen molar-refractivity contribution in [2.24, 2.45) is 13.0 Å². The summed E-state index contributed by atoms with van der Waals surface area (Å²) in [5.41, 5.74) is 1.15. The number of hydrogen-bond acceptors (Lipinski definition) is 4. The van der Waals surface area contributed by atoms with Gasteiger partial charge in [-0.15, -0.1) is 0 Å². The average Bonchev–Trinajstić information content (AvgIpc) is 3.05. The minimum atomic E-state index is -0.556. The molecule has 0 saturated carbocycles. The molecule has 2 heterocycles. The van der Waals surface area contributed by atoms with Crippen molar-refractivity contribution in [2.45, 2.75) is 40.2 Å². The highest BCUT2D eigenvalue weighted by Gasteiger charge is 2.23. The van der Waals surface area contributed by atoms with Crippen molar-refractivity contribution in [3.8, 4) is 5.82 Å². The van der Waals surface area contributed by atoms with Crippen molar-refractivity contribution in [3.05, 3.63) is 29.5 Å². The molecule has 0 spiro atoms. The van der Waals surface area contributed by atoms with E-state index >= 15 is 0 Å². The van der Waals surface area contributed by atoms with Gasteiger partial charge in [0.25, 0.3) is 5.91 Å². The Kier molecular flexibility index (Phi) is 5.20. The minimum Gasteiger partial charge on any atom is -0.391 e. The van der Waals surface area contributed by atoms with Gasteiger partial charge in [0.2, 0.25) is 0 Å². The Morgan fingerprint density at radius 2 is 2.13 bits per heavy atom. The fourth-order valence-electron chi connectivity index (χ4n) is 2.55. The predicted molar refractivity (Wildman–Crippen MR) is 87.6 cm³/mol. The number of aryl methyl sites for hydroxylation is 3. The van der Waals surface area contributed by atoms with Crippen LogP contribution in [0.25, 0.3) is 5.82 Å². The molecule has 0 radical (unpaired) electrons. The minimum absolute atomic E-state index is 0.139. The number of aliphatic hydroxyl groups is 1. The molecule has 2 unspecified atom stereocenters. The van der Waals surface area contributed by atoms with E-state index < -0.39 is 6.10 Å². The van der Waals surface area contributed by atoms with Crippen LogP contribution in [0.3, 0.4) is 0 Å². The number of amides is 1. The van der Waals surface area contributed by atoms with Gasteiger partial charge >= 0.3 is 0 Å². The normalized spacial score (nSPS) is 13.8. The zero-order chi connectivity index (χ0) is 17.1. The molecule has 0 aliphatic heterocycles. The van der Waals surface area contributed by atoms with E-state index in [0.29, 0.717) is 17.1 Å². The van der Waals surface area contributed by atoms with Crippen LogP contribution >= 0.6 is 0 Å². The summed E-state index contributed by atoms with van der Waals surface area (Å²) in [6.45, 7) is 7.88. The lowest BCUT2D eigenvalue weighted by Gasteiger charge is -2.18. The first-order valence-corrected chi connectivity index (χ1v) is 7.87. The second-order valence-corrected chi connectivity index (χ2v) is 5.91. The van der Waals surface area contributed by atoms with E-state index in [1.807, 2.05) is 25.3 Å². The number of nitrogens with zero attached hydrogens (tertiary/aromatic N) is 4. The van der Waals surface area contributed by atoms with Gasteiger partial charge in [-0.3, -0.25) is 14.0 Å². The van der Waals surface area contributed by atoms with Crippen molar-refractivity contribution >= 4 is 5.91 Å². The molecule has 0 bridgehead atoms. The summed E-state index contributed by atoms with van der Waals surface area (Å²) in [5, 5.41) is 17.2. The molecule has 2 N–H and O–H groups in total. The Morgan fingerprint density at radius 3 is 2.70 bits per heavy atom. The third-order valence-corrected chi connectivity index (χ3v) is 4.25. The van der Waals surface area contributed by atoms with Crippen LogP contribution in [-0.2, 0) is 7.05 Å². The number of rotatable bonds is 6. The zero-order valence-corrected chi connectivity index (χ0v) is 14.4. The van der Waals surface area contributed by atoms with E-state index in [0.717, 1.165) is 12.2 Å². The molecule has 2 aromatic heterocycles. The van der Waals surface area contributed by atoms with Crippen molar-refractivity contribution in [1.82, 2.24) is 24.6 Å². The Bertz CT molecular complexity index is 689. The third-order valence-electron chi connectivity index (χ3n) is 4.25. The molecule has 1 amide bonds. The summed E-state index contributed by atoms with van der Waals surface area (Å²) in [5.74, 6) is 1.36. The van der Waals surface area contributed by atoms with Gasteiger partial charge in [0, 0.05) is 26.0 Å². The number of nitrogens with one attached hydrogen (secondary N) is 1. The second kappa shape index (κ2) is 6.95. The summed E-state index contributed by atoms with van der Waals surface area (Å²) in [6.07, 6.45) is 3.80. The summed E-state index contributed by atoms with van der Waals surface area (Å²) >= 11 is 0. The van der Waals surface area contributed by atoms with E-state index in [4.69, 9.17) is 0 Å². The highest BCUT2D eigenvalue weighted by Crippen LogP contribution is 2.19. The fourth-order valence-corrected chi connectivity index (χ4v) is 2.55. The third kappa shape index (κ3) is 3.44. The van der Waals surface area contributed by atoms with Gasteiger partial charge in [0.1, 0.15) is 17.2 Å². The first-order valence-electron chi connectivity index (χ1n) is 7.87. The molecule has 0 saturated heterocycles. The van der Waals surface area contributed by atoms with Gasteiger partial charge in [-0.2, -0.15) is 5.10 Å². The molecule has 2 aromatic rings. The van der Waals surface area contributed by atoms with Crippen LogP contribution in [0.5, 0.6) is 0 Å². The maximum Gasteiger partial charge on any atom is 0.257 e. The van der Waals surface area contributed by atoms with E-state index in [1.54, 1.807) is 31.0 Å². The average molecular weight is 319 g/mol. The maximum absolute atomic E-state index is 12.6. The molecule has 7 heteroatoms. The van der Waals surface area contributed by atoms with Gasteiger partial charge in [-0.1, -0.05) is 20.3 Å². The summed E-state index contributed by atoms with van der Waals surface area (Å²) in [4.78, 5) is 16.8. The zero-order valence-electron chi connectivity index (χ0n) is 14.4. The van der Waals surface area contributed by atoms with Crippen molar-refractivity contribution < 1.29 is 9.90 Å². The predicted octanol–water partition coefficient (Wildman–Crippen LogP) is 1.36. The first kappa shape index (κ1) is 17.2. The van der Waals surface area contributed by atoms with E-state index in [1.165, 1.54) is 0 Å². The number of aromatic nitrogens is 4. The molecule has 2 rings (SSSR count). The molecule has 0 fully saturated rings. The summed E-state index contributed by atoms with van der Waals surface area (Å²) < 4.78 is 3.50.